The highest BCUT2D eigenvalue weighted by Crippen LogP contribution is 2.22. The van der Waals surface area contributed by atoms with Gasteiger partial charge in [-0.3, -0.25) is 0 Å². The Hall–Kier alpha value is -1.85. The summed E-state index contributed by atoms with van der Waals surface area (Å²) in [4.78, 5) is 4.53. The zero-order chi connectivity index (χ0) is 14.7. The van der Waals surface area contributed by atoms with Crippen LogP contribution in [0.2, 0.25) is 0 Å². The van der Waals surface area contributed by atoms with E-state index in [0.717, 1.165) is 20.8 Å². The van der Waals surface area contributed by atoms with Crippen molar-refractivity contribution in [3.8, 4) is 0 Å². The lowest BCUT2D eigenvalue weighted by Gasteiger charge is -2.05. The summed E-state index contributed by atoms with van der Waals surface area (Å²) in [6.45, 7) is 1.19. The Labute approximate surface area is 125 Å². The van der Waals surface area contributed by atoms with Crippen LogP contribution >= 0.6 is 11.3 Å². The van der Waals surface area contributed by atoms with Gasteiger partial charge in [-0.1, -0.05) is 30.3 Å². The van der Waals surface area contributed by atoms with Gasteiger partial charge >= 0.3 is 0 Å². The molecule has 0 saturated heterocycles. The van der Waals surface area contributed by atoms with Gasteiger partial charge in [-0.25, -0.2) is 13.8 Å². The van der Waals surface area contributed by atoms with Crippen LogP contribution in [0.15, 0.2) is 48.5 Å². The average molecular weight is 304 g/mol. The Kier molecular flexibility index (Phi) is 4.22. The Morgan fingerprint density at radius 2 is 1.90 bits per heavy atom. The van der Waals surface area contributed by atoms with E-state index in [1.165, 1.54) is 12.1 Å². The van der Waals surface area contributed by atoms with E-state index in [2.05, 4.69) is 10.3 Å². The predicted octanol–water partition coefficient (Wildman–Crippen LogP) is 4.52. The van der Waals surface area contributed by atoms with Crippen molar-refractivity contribution in [3.63, 3.8) is 0 Å². The molecule has 2 nitrogen and oxygen atoms in total. The SMILES string of the molecule is FC(F)c1cccc(CNCc2nc3ccccc3s2)c1. The van der Waals surface area contributed by atoms with Crippen LogP contribution < -0.4 is 5.32 Å². The third kappa shape index (κ3) is 3.43. The van der Waals surface area contributed by atoms with Gasteiger partial charge in [0.1, 0.15) is 5.01 Å². The molecular weight excluding hydrogens is 290 g/mol. The van der Waals surface area contributed by atoms with Crippen molar-refractivity contribution in [2.24, 2.45) is 0 Å². The minimum absolute atomic E-state index is 0.0642. The lowest BCUT2D eigenvalue weighted by Crippen LogP contribution is -2.12. The molecule has 0 aliphatic carbocycles. The molecule has 0 atom stereocenters. The van der Waals surface area contributed by atoms with E-state index in [-0.39, 0.29) is 5.56 Å². The Bertz CT molecular complexity index is 707. The van der Waals surface area contributed by atoms with Crippen LogP contribution in [0.25, 0.3) is 10.2 Å². The number of thiazole rings is 1. The number of aromatic nitrogens is 1. The van der Waals surface area contributed by atoms with E-state index in [0.29, 0.717) is 13.1 Å². The summed E-state index contributed by atoms with van der Waals surface area (Å²) in [7, 11) is 0. The van der Waals surface area contributed by atoms with Crippen LogP contribution in [0.1, 0.15) is 22.6 Å². The maximum atomic E-state index is 12.6. The van der Waals surface area contributed by atoms with E-state index in [1.807, 2.05) is 30.3 Å². The third-order valence-electron chi connectivity index (χ3n) is 3.15. The summed E-state index contributed by atoms with van der Waals surface area (Å²) < 4.78 is 26.4. The second kappa shape index (κ2) is 6.28. The summed E-state index contributed by atoms with van der Waals surface area (Å²) in [5.41, 5.74) is 1.92. The van der Waals surface area contributed by atoms with Gasteiger partial charge in [0, 0.05) is 18.7 Å². The molecular formula is C16H14F2N2S. The molecule has 0 spiro atoms. The molecule has 3 rings (SSSR count). The van der Waals surface area contributed by atoms with Crippen molar-refractivity contribution in [1.82, 2.24) is 10.3 Å². The molecule has 3 aromatic rings. The van der Waals surface area contributed by atoms with Crippen LogP contribution in [0.3, 0.4) is 0 Å². The second-order valence-corrected chi connectivity index (χ2v) is 5.84. The van der Waals surface area contributed by atoms with E-state index in [9.17, 15) is 8.78 Å². The molecule has 0 amide bonds. The number of nitrogens with one attached hydrogen (secondary N) is 1. The molecule has 0 saturated carbocycles. The molecule has 21 heavy (non-hydrogen) atoms. The summed E-state index contributed by atoms with van der Waals surface area (Å²) in [6, 6.07) is 14.5. The van der Waals surface area contributed by atoms with Gasteiger partial charge in [0.15, 0.2) is 0 Å². The fraction of sp³-hybridized carbons (Fsp3) is 0.188. The number of fused-ring (bicyclic) bond motifs is 1. The fourth-order valence-corrected chi connectivity index (χ4v) is 3.09. The topological polar surface area (TPSA) is 24.9 Å². The minimum Gasteiger partial charge on any atom is -0.306 e. The smallest absolute Gasteiger partial charge is 0.263 e. The highest BCUT2D eigenvalue weighted by molar-refractivity contribution is 7.18. The number of hydrogen-bond acceptors (Lipinski definition) is 3. The number of hydrogen-bond donors (Lipinski definition) is 1. The highest BCUT2D eigenvalue weighted by atomic mass is 32.1. The first kappa shape index (κ1) is 14.1. The van der Waals surface area contributed by atoms with Gasteiger partial charge in [-0.15, -0.1) is 11.3 Å². The molecule has 1 heterocycles. The number of benzene rings is 2. The Balaban J connectivity index is 1.62. The first-order valence-electron chi connectivity index (χ1n) is 6.64. The van der Waals surface area contributed by atoms with Gasteiger partial charge < -0.3 is 5.32 Å². The van der Waals surface area contributed by atoms with Crippen LogP contribution in [0.4, 0.5) is 8.78 Å². The minimum atomic E-state index is -2.42. The predicted molar refractivity (Wildman–Crippen MR) is 81.6 cm³/mol. The second-order valence-electron chi connectivity index (χ2n) is 4.72. The summed E-state index contributed by atoms with van der Waals surface area (Å²) in [5.74, 6) is 0. The zero-order valence-corrected chi connectivity index (χ0v) is 12.0. The first-order chi connectivity index (χ1) is 10.2. The van der Waals surface area contributed by atoms with Gasteiger partial charge in [-0.05, 0) is 23.8 Å². The van der Waals surface area contributed by atoms with Crippen molar-refractivity contribution in [2.45, 2.75) is 19.5 Å². The number of para-hydroxylation sites is 1. The fourth-order valence-electron chi connectivity index (χ4n) is 2.15. The molecule has 108 valence electrons. The number of halogens is 2. The Morgan fingerprint density at radius 3 is 2.71 bits per heavy atom. The van der Waals surface area contributed by atoms with Crippen molar-refractivity contribution < 1.29 is 8.78 Å². The highest BCUT2D eigenvalue weighted by Gasteiger charge is 2.07. The lowest BCUT2D eigenvalue weighted by atomic mass is 10.1. The number of rotatable bonds is 5. The summed E-state index contributed by atoms with van der Waals surface area (Å²) >= 11 is 1.65. The molecule has 1 N–H and O–H groups in total. The van der Waals surface area contributed by atoms with Crippen molar-refractivity contribution >= 4 is 21.6 Å². The normalized spacial score (nSPS) is 11.4. The van der Waals surface area contributed by atoms with E-state index in [1.54, 1.807) is 17.4 Å². The van der Waals surface area contributed by atoms with E-state index >= 15 is 0 Å². The molecule has 5 heteroatoms. The van der Waals surface area contributed by atoms with Gasteiger partial charge in [0.2, 0.25) is 0 Å². The van der Waals surface area contributed by atoms with Crippen LogP contribution in [-0.4, -0.2) is 4.98 Å². The average Bonchev–Trinajstić information content (AvgIpc) is 2.90. The first-order valence-corrected chi connectivity index (χ1v) is 7.46. The van der Waals surface area contributed by atoms with Gasteiger partial charge in [0.05, 0.1) is 10.2 Å². The van der Waals surface area contributed by atoms with Crippen molar-refractivity contribution in [3.05, 3.63) is 64.7 Å². The van der Waals surface area contributed by atoms with Crippen LogP contribution in [0.5, 0.6) is 0 Å². The van der Waals surface area contributed by atoms with E-state index < -0.39 is 6.43 Å². The molecule has 0 bridgehead atoms. The lowest BCUT2D eigenvalue weighted by molar-refractivity contribution is 0.151. The number of nitrogens with zero attached hydrogens (tertiary/aromatic N) is 1. The molecule has 0 aliphatic heterocycles. The maximum absolute atomic E-state index is 12.6. The standard InChI is InChI=1S/C16H14F2N2S/c17-16(18)12-5-3-4-11(8-12)9-19-10-15-20-13-6-1-2-7-14(13)21-15/h1-8,16,19H,9-10H2. The Morgan fingerprint density at radius 1 is 1.05 bits per heavy atom. The quantitative estimate of drug-likeness (QED) is 0.749. The van der Waals surface area contributed by atoms with Gasteiger partial charge in [-0.2, -0.15) is 0 Å². The molecule has 0 aliphatic rings. The molecule has 2 aromatic carbocycles. The molecule has 0 fully saturated rings. The zero-order valence-electron chi connectivity index (χ0n) is 11.2. The van der Waals surface area contributed by atoms with Crippen molar-refractivity contribution in [1.29, 1.82) is 0 Å². The third-order valence-corrected chi connectivity index (χ3v) is 4.18. The largest absolute Gasteiger partial charge is 0.306 e. The van der Waals surface area contributed by atoms with E-state index in [4.69, 9.17) is 0 Å². The molecule has 1 aromatic heterocycles. The summed E-state index contributed by atoms with van der Waals surface area (Å²) in [6.07, 6.45) is -2.42. The van der Waals surface area contributed by atoms with Crippen LogP contribution in [-0.2, 0) is 13.1 Å². The monoisotopic (exact) mass is 304 g/mol. The van der Waals surface area contributed by atoms with Crippen molar-refractivity contribution in [2.75, 3.05) is 0 Å². The van der Waals surface area contributed by atoms with Gasteiger partial charge in [0.25, 0.3) is 6.43 Å². The maximum Gasteiger partial charge on any atom is 0.263 e. The summed E-state index contributed by atoms with van der Waals surface area (Å²) in [5, 5.41) is 4.25. The van der Waals surface area contributed by atoms with Crippen LogP contribution in [0, 0.1) is 0 Å². The molecule has 0 unspecified atom stereocenters. The number of alkyl halides is 2. The molecule has 0 radical (unpaired) electrons.